The van der Waals surface area contributed by atoms with E-state index >= 15 is 0 Å². The van der Waals surface area contributed by atoms with Gasteiger partial charge in [-0.1, -0.05) is 39.0 Å². The Morgan fingerprint density at radius 2 is 1.85 bits per heavy atom. The molecule has 1 aliphatic carbocycles. The summed E-state index contributed by atoms with van der Waals surface area (Å²) >= 11 is 1.88. The summed E-state index contributed by atoms with van der Waals surface area (Å²) in [4.78, 5) is 30.1. The van der Waals surface area contributed by atoms with E-state index in [0.717, 1.165) is 60.1 Å². The highest BCUT2D eigenvalue weighted by atomic mass is 32.1. The number of benzene rings is 1. The van der Waals surface area contributed by atoms with Crippen LogP contribution in [0.25, 0.3) is 10.2 Å². The molecule has 1 atom stereocenters. The van der Waals surface area contributed by atoms with Gasteiger partial charge in [-0.2, -0.15) is 0 Å². The second kappa shape index (κ2) is 9.90. The maximum atomic E-state index is 13.0. The van der Waals surface area contributed by atoms with Gasteiger partial charge in [-0.05, 0) is 55.7 Å². The molecular formula is C27H35N5OS. The molecule has 34 heavy (non-hydrogen) atoms. The van der Waals surface area contributed by atoms with E-state index in [-0.39, 0.29) is 6.03 Å². The zero-order chi connectivity index (χ0) is 23.7. The van der Waals surface area contributed by atoms with Gasteiger partial charge in [-0.25, -0.2) is 14.8 Å². The Labute approximate surface area is 206 Å². The summed E-state index contributed by atoms with van der Waals surface area (Å²) in [6.07, 6.45) is 6.75. The standard InChI is InChI=1S/C27H35N5OS/c1-4-18(3)24-29-25(23-20-11-7-9-13-22(20)34-26(23)30-24)31-14-16-32(17-15-31)27(33)28-21-12-8-6-10-19(21)5-2/h6,8,10,12,18H,4-5,7,9,11,13-17H2,1-3H3,(H,28,33). The Hall–Kier alpha value is -2.67. The smallest absolute Gasteiger partial charge is 0.321 e. The molecule has 180 valence electrons. The van der Waals surface area contributed by atoms with Crippen LogP contribution in [0.3, 0.4) is 0 Å². The van der Waals surface area contributed by atoms with Gasteiger partial charge in [-0.15, -0.1) is 11.3 Å². The third-order valence-electron chi connectivity index (χ3n) is 7.37. The van der Waals surface area contributed by atoms with E-state index in [1.54, 1.807) is 0 Å². The summed E-state index contributed by atoms with van der Waals surface area (Å²) in [7, 11) is 0. The number of aromatic nitrogens is 2. The van der Waals surface area contributed by atoms with Gasteiger partial charge in [-0.3, -0.25) is 0 Å². The molecule has 2 aliphatic rings. The number of amides is 2. The second-order valence-electron chi connectivity index (χ2n) is 9.52. The number of carbonyl (C=O) groups is 1. The van der Waals surface area contributed by atoms with Crippen molar-refractivity contribution in [3.05, 3.63) is 46.1 Å². The average Bonchev–Trinajstić information content (AvgIpc) is 3.26. The lowest BCUT2D eigenvalue weighted by atomic mass is 9.96. The highest BCUT2D eigenvalue weighted by Crippen LogP contribution is 2.40. The van der Waals surface area contributed by atoms with Crippen molar-refractivity contribution in [1.29, 1.82) is 0 Å². The molecule has 0 bridgehead atoms. The van der Waals surface area contributed by atoms with Gasteiger partial charge in [0.15, 0.2) is 0 Å². The number of thiophene rings is 1. The van der Waals surface area contributed by atoms with Gasteiger partial charge < -0.3 is 15.1 Å². The van der Waals surface area contributed by atoms with Crippen LogP contribution < -0.4 is 10.2 Å². The fraction of sp³-hybridized carbons (Fsp3) is 0.519. The zero-order valence-corrected chi connectivity index (χ0v) is 21.4. The van der Waals surface area contributed by atoms with Gasteiger partial charge in [0.05, 0.1) is 5.39 Å². The molecule has 0 radical (unpaired) electrons. The molecule has 3 aromatic rings. The molecule has 5 rings (SSSR count). The number of hydrogen-bond donors (Lipinski definition) is 1. The van der Waals surface area contributed by atoms with Crippen LogP contribution in [-0.4, -0.2) is 47.1 Å². The van der Waals surface area contributed by atoms with Crippen molar-refractivity contribution in [3.63, 3.8) is 0 Å². The van der Waals surface area contributed by atoms with E-state index in [1.165, 1.54) is 35.1 Å². The summed E-state index contributed by atoms with van der Waals surface area (Å²) in [6, 6.07) is 8.04. The summed E-state index contributed by atoms with van der Waals surface area (Å²) in [5.74, 6) is 2.39. The number of rotatable bonds is 5. The van der Waals surface area contributed by atoms with Crippen LogP contribution in [0, 0.1) is 0 Å². The van der Waals surface area contributed by atoms with E-state index in [0.29, 0.717) is 19.0 Å². The summed E-state index contributed by atoms with van der Waals surface area (Å²) in [5, 5.41) is 4.41. The number of urea groups is 1. The van der Waals surface area contributed by atoms with Crippen LogP contribution >= 0.6 is 11.3 Å². The normalized spacial score (nSPS) is 17.0. The molecule has 2 aromatic heterocycles. The lowest BCUT2D eigenvalue weighted by Gasteiger charge is -2.36. The molecule has 1 unspecified atom stereocenters. The Morgan fingerprint density at radius 3 is 2.62 bits per heavy atom. The number of hydrogen-bond acceptors (Lipinski definition) is 5. The van der Waals surface area contributed by atoms with Crippen LogP contribution in [0.15, 0.2) is 24.3 Å². The molecule has 1 aromatic carbocycles. The Morgan fingerprint density at radius 1 is 1.09 bits per heavy atom. The minimum Gasteiger partial charge on any atom is -0.352 e. The Bertz CT molecular complexity index is 1180. The van der Waals surface area contributed by atoms with Gasteiger partial charge >= 0.3 is 6.03 Å². The maximum absolute atomic E-state index is 13.0. The number of anilines is 2. The molecule has 0 spiro atoms. The highest BCUT2D eigenvalue weighted by Gasteiger charge is 2.28. The molecule has 1 aliphatic heterocycles. The monoisotopic (exact) mass is 477 g/mol. The first-order valence-corrected chi connectivity index (χ1v) is 13.6. The SMILES string of the molecule is CCc1ccccc1NC(=O)N1CCN(c2nc(C(C)CC)nc3sc4c(c23)CCCC4)CC1. The Kier molecular flexibility index (Phi) is 6.73. The lowest BCUT2D eigenvalue weighted by Crippen LogP contribution is -2.50. The maximum Gasteiger partial charge on any atom is 0.321 e. The summed E-state index contributed by atoms with van der Waals surface area (Å²) in [6.45, 7) is 9.50. The first kappa shape index (κ1) is 23.1. The number of nitrogens with zero attached hydrogens (tertiary/aromatic N) is 4. The highest BCUT2D eigenvalue weighted by molar-refractivity contribution is 7.19. The van der Waals surface area contributed by atoms with Crippen molar-refractivity contribution >= 4 is 39.1 Å². The lowest BCUT2D eigenvalue weighted by molar-refractivity contribution is 0.208. The third kappa shape index (κ3) is 4.38. The number of piperazine rings is 1. The predicted molar refractivity (Wildman–Crippen MR) is 141 cm³/mol. The fourth-order valence-corrected chi connectivity index (χ4v) is 6.32. The number of para-hydroxylation sites is 1. The predicted octanol–water partition coefficient (Wildman–Crippen LogP) is 6.00. The molecule has 0 saturated carbocycles. The molecule has 1 fully saturated rings. The quantitative estimate of drug-likeness (QED) is 0.490. The summed E-state index contributed by atoms with van der Waals surface area (Å²) < 4.78 is 0. The van der Waals surface area contributed by atoms with Crippen LogP contribution in [0.4, 0.5) is 16.3 Å². The fourth-order valence-electron chi connectivity index (χ4n) is 5.05. The van der Waals surface area contributed by atoms with E-state index < -0.39 is 0 Å². The first-order valence-electron chi connectivity index (χ1n) is 12.8. The van der Waals surface area contributed by atoms with E-state index in [9.17, 15) is 4.79 Å². The van der Waals surface area contributed by atoms with Gasteiger partial charge in [0.25, 0.3) is 0 Å². The third-order valence-corrected chi connectivity index (χ3v) is 8.56. The van der Waals surface area contributed by atoms with Crippen LogP contribution in [0.1, 0.15) is 67.8 Å². The van der Waals surface area contributed by atoms with Crippen molar-refractivity contribution in [2.75, 3.05) is 36.4 Å². The van der Waals surface area contributed by atoms with E-state index in [4.69, 9.17) is 9.97 Å². The van der Waals surface area contributed by atoms with Crippen molar-refractivity contribution in [2.24, 2.45) is 0 Å². The Balaban J connectivity index is 1.38. The zero-order valence-electron chi connectivity index (χ0n) is 20.6. The summed E-state index contributed by atoms with van der Waals surface area (Å²) in [5.41, 5.74) is 3.56. The van der Waals surface area contributed by atoms with Crippen molar-refractivity contribution in [1.82, 2.24) is 14.9 Å². The first-order chi connectivity index (χ1) is 16.6. The van der Waals surface area contributed by atoms with Crippen molar-refractivity contribution in [3.8, 4) is 0 Å². The van der Waals surface area contributed by atoms with E-state index in [1.807, 2.05) is 34.4 Å². The molecule has 2 amide bonds. The molecule has 7 heteroatoms. The minimum absolute atomic E-state index is 0.0124. The number of fused-ring (bicyclic) bond motifs is 3. The van der Waals surface area contributed by atoms with Gasteiger partial charge in [0.1, 0.15) is 16.5 Å². The topological polar surface area (TPSA) is 61.4 Å². The second-order valence-corrected chi connectivity index (χ2v) is 10.6. The van der Waals surface area contributed by atoms with Gasteiger partial charge in [0.2, 0.25) is 0 Å². The molecule has 6 nitrogen and oxygen atoms in total. The number of aryl methyl sites for hydroxylation is 3. The van der Waals surface area contributed by atoms with E-state index in [2.05, 4.69) is 37.1 Å². The van der Waals surface area contributed by atoms with Crippen LogP contribution in [0.2, 0.25) is 0 Å². The number of carbonyl (C=O) groups excluding carboxylic acids is 1. The van der Waals surface area contributed by atoms with Crippen molar-refractivity contribution < 1.29 is 4.79 Å². The minimum atomic E-state index is -0.0124. The van der Waals surface area contributed by atoms with Crippen LogP contribution in [-0.2, 0) is 19.3 Å². The largest absolute Gasteiger partial charge is 0.352 e. The average molecular weight is 478 g/mol. The van der Waals surface area contributed by atoms with Crippen LogP contribution in [0.5, 0.6) is 0 Å². The van der Waals surface area contributed by atoms with Gasteiger partial charge in [0, 0.05) is 42.7 Å². The molecule has 1 saturated heterocycles. The molecular weight excluding hydrogens is 442 g/mol. The van der Waals surface area contributed by atoms with Crippen molar-refractivity contribution in [2.45, 2.75) is 65.2 Å². The molecule has 1 N–H and O–H groups in total. The molecule has 3 heterocycles. The number of nitrogens with one attached hydrogen (secondary N) is 1.